The maximum atomic E-state index is 13.7. The van der Waals surface area contributed by atoms with Crippen molar-refractivity contribution in [1.82, 2.24) is 4.31 Å². The highest BCUT2D eigenvalue weighted by atomic mass is 79.9. The Morgan fingerprint density at radius 2 is 1.68 bits per heavy atom. The molecular formula is C24H25BrN2O6S. The van der Waals surface area contributed by atoms with Crippen molar-refractivity contribution in [3.8, 4) is 0 Å². The molecule has 1 aliphatic heterocycles. The van der Waals surface area contributed by atoms with Crippen LogP contribution in [0.4, 0.5) is 5.69 Å². The SMILES string of the molecule is CCOC(=O)c1ccc(N2C(=O)CC(N(C3CCCC3)S(=O)(=O)c3ccc(Br)cc3)C2=O)cc1. The summed E-state index contributed by atoms with van der Waals surface area (Å²) in [6.45, 7) is 1.93. The van der Waals surface area contributed by atoms with Gasteiger partial charge in [-0.15, -0.1) is 0 Å². The van der Waals surface area contributed by atoms with Gasteiger partial charge in [0, 0.05) is 10.5 Å². The molecule has 0 aromatic heterocycles. The molecule has 2 aromatic carbocycles. The lowest BCUT2D eigenvalue weighted by molar-refractivity contribution is -0.122. The van der Waals surface area contributed by atoms with Gasteiger partial charge in [-0.3, -0.25) is 9.59 Å². The van der Waals surface area contributed by atoms with Crippen LogP contribution >= 0.6 is 15.9 Å². The van der Waals surface area contributed by atoms with E-state index in [4.69, 9.17) is 4.74 Å². The molecule has 0 spiro atoms. The second kappa shape index (κ2) is 9.97. The van der Waals surface area contributed by atoms with Crippen LogP contribution in [-0.2, 0) is 24.3 Å². The molecule has 1 atom stereocenters. The largest absolute Gasteiger partial charge is 0.462 e. The average molecular weight is 549 g/mol. The topological polar surface area (TPSA) is 101 Å². The number of anilines is 1. The van der Waals surface area contributed by atoms with Gasteiger partial charge in [-0.25, -0.2) is 18.1 Å². The Labute approximate surface area is 207 Å². The number of benzene rings is 2. The predicted molar refractivity (Wildman–Crippen MR) is 129 cm³/mol. The van der Waals surface area contributed by atoms with Crippen molar-refractivity contribution in [2.75, 3.05) is 11.5 Å². The second-order valence-corrected chi connectivity index (χ2v) is 11.0. The summed E-state index contributed by atoms with van der Waals surface area (Å²) in [7, 11) is -4.02. The summed E-state index contributed by atoms with van der Waals surface area (Å²) in [4.78, 5) is 39.4. The molecule has 2 fully saturated rings. The molecule has 1 heterocycles. The van der Waals surface area contributed by atoms with Gasteiger partial charge in [0.25, 0.3) is 5.91 Å². The Kier molecular flexibility index (Phi) is 7.20. The van der Waals surface area contributed by atoms with E-state index in [1.807, 2.05) is 0 Å². The molecule has 0 bridgehead atoms. The van der Waals surface area contributed by atoms with Crippen LogP contribution in [0.1, 0.15) is 49.4 Å². The number of carbonyl (C=O) groups is 3. The van der Waals surface area contributed by atoms with Crippen molar-refractivity contribution in [3.05, 3.63) is 58.6 Å². The van der Waals surface area contributed by atoms with Gasteiger partial charge in [0.1, 0.15) is 6.04 Å². The number of halogens is 1. The minimum absolute atomic E-state index is 0.0834. The van der Waals surface area contributed by atoms with Gasteiger partial charge in [0.15, 0.2) is 0 Å². The summed E-state index contributed by atoms with van der Waals surface area (Å²) < 4.78 is 34.3. The van der Waals surface area contributed by atoms with E-state index in [1.54, 1.807) is 19.1 Å². The fourth-order valence-corrected chi connectivity index (χ4v) is 6.64. The lowest BCUT2D eigenvalue weighted by Gasteiger charge is -2.32. The number of sulfonamides is 1. The van der Waals surface area contributed by atoms with Gasteiger partial charge < -0.3 is 4.74 Å². The number of hydrogen-bond acceptors (Lipinski definition) is 6. The highest BCUT2D eigenvalue weighted by Gasteiger charge is 2.49. The zero-order chi connectivity index (χ0) is 24.5. The first-order chi connectivity index (χ1) is 16.2. The highest BCUT2D eigenvalue weighted by molar-refractivity contribution is 9.10. The van der Waals surface area contributed by atoms with Crippen LogP contribution in [0.2, 0.25) is 0 Å². The molecule has 0 radical (unpaired) electrons. The monoisotopic (exact) mass is 548 g/mol. The molecule has 10 heteroatoms. The first-order valence-electron chi connectivity index (χ1n) is 11.2. The number of hydrogen-bond donors (Lipinski definition) is 0. The predicted octanol–water partition coefficient (Wildman–Crippen LogP) is 3.89. The van der Waals surface area contributed by atoms with E-state index in [-0.39, 0.29) is 29.7 Å². The summed E-state index contributed by atoms with van der Waals surface area (Å²) in [5.41, 5.74) is 0.588. The summed E-state index contributed by atoms with van der Waals surface area (Å²) in [6.07, 6.45) is 2.78. The molecule has 2 aromatic rings. The van der Waals surface area contributed by atoms with E-state index < -0.39 is 33.8 Å². The first kappa shape index (κ1) is 24.6. The van der Waals surface area contributed by atoms with Crippen LogP contribution in [0, 0.1) is 0 Å². The zero-order valence-corrected chi connectivity index (χ0v) is 21.0. The lowest BCUT2D eigenvalue weighted by Crippen LogP contribution is -2.49. The van der Waals surface area contributed by atoms with Crippen molar-refractivity contribution in [2.45, 2.75) is 56.0 Å². The molecule has 0 N–H and O–H groups in total. The third-order valence-corrected chi connectivity index (χ3v) is 8.64. The number of imide groups is 1. The maximum Gasteiger partial charge on any atom is 0.338 e. The van der Waals surface area contributed by atoms with E-state index in [0.717, 1.165) is 22.2 Å². The molecule has 1 aliphatic carbocycles. The van der Waals surface area contributed by atoms with Crippen molar-refractivity contribution < 1.29 is 27.5 Å². The first-order valence-corrected chi connectivity index (χ1v) is 13.4. The number of esters is 1. The van der Waals surface area contributed by atoms with Crippen molar-refractivity contribution in [3.63, 3.8) is 0 Å². The fourth-order valence-electron chi connectivity index (χ4n) is 4.55. The zero-order valence-electron chi connectivity index (χ0n) is 18.6. The number of amides is 2. The smallest absolute Gasteiger partial charge is 0.338 e. The van der Waals surface area contributed by atoms with Gasteiger partial charge >= 0.3 is 5.97 Å². The second-order valence-electron chi connectivity index (χ2n) is 8.28. The maximum absolute atomic E-state index is 13.7. The Bertz CT molecular complexity index is 1190. The van der Waals surface area contributed by atoms with Crippen molar-refractivity contribution in [1.29, 1.82) is 0 Å². The Morgan fingerprint density at radius 3 is 2.26 bits per heavy atom. The van der Waals surface area contributed by atoms with Crippen LogP contribution in [0.5, 0.6) is 0 Å². The fraction of sp³-hybridized carbons (Fsp3) is 0.375. The lowest BCUT2D eigenvalue weighted by atomic mass is 10.1. The number of nitrogens with zero attached hydrogens (tertiary/aromatic N) is 2. The van der Waals surface area contributed by atoms with Crippen LogP contribution < -0.4 is 4.90 Å². The molecule has 1 saturated heterocycles. The van der Waals surface area contributed by atoms with Crippen molar-refractivity contribution in [2.24, 2.45) is 0 Å². The summed E-state index contributed by atoms with van der Waals surface area (Å²) in [5.74, 6) is -1.56. The van der Waals surface area contributed by atoms with Crippen molar-refractivity contribution >= 4 is 49.4 Å². The molecule has 1 unspecified atom stereocenters. The Balaban J connectivity index is 1.66. The van der Waals surface area contributed by atoms with Crippen LogP contribution in [0.25, 0.3) is 0 Å². The standard InChI is InChI=1S/C24H25BrN2O6S/c1-2-33-24(30)16-7-11-18(12-8-16)26-22(28)15-21(23(26)29)27(19-5-3-4-6-19)34(31,32)20-13-9-17(25)10-14-20/h7-14,19,21H,2-6,15H2,1H3. The minimum Gasteiger partial charge on any atom is -0.462 e. The minimum atomic E-state index is -4.02. The van der Waals surface area contributed by atoms with Gasteiger partial charge in [-0.1, -0.05) is 28.8 Å². The molecule has 34 heavy (non-hydrogen) atoms. The van der Waals surface area contributed by atoms with Crippen LogP contribution in [-0.4, -0.2) is 49.2 Å². The summed E-state index contributed by atoms with van der Waals surface area (Å²) in [5, 5.41) is 0. The normalized spacial score (nSPS) is 19.3. The molecule has 180 valence electrons. The molecule has 4 rings (SSSR count). The quantitative estimate of drug-likeness (QED) is 0.384. The van der Waals surface area contributed by atoms with Crippen LogP contribution in [0.15, 0.2) is 57.9 Å². The summed E-state index contributed by atoms with van der Waals surface area (Å²) >= 11 is 3.31. The molecule has 8 nitrogen and oxygen atoms in total. The molecule has 2 amide bonds. The Hall–Kier alpha value is -2.56. The van der Waals surface area contributed by atoms with E-state index in [2.05, 4.69) is 15.9 Å². The van der Waals surface area contributed by atoms with Gasteiger partial charge in [0.2, 0.25) is 15.9 Å². The molecule has 1 saturated carbocycles. The van der Waals surface area contributed by atoms with Gasteiger partial charge in [-0.05, 0) is 68.3 Å². The van der Waals surface area contributed by atoms with E-state index in [0.29, 0.717) is 18.4 Å². The number of rotatable bonds is 7. The van der Waals surface area contributed by atoms with Gasteiger partial charge in [0.05, 0.1) is 29.2 Å². The average Bonchev–Trinajstić information content (AvgIpc) is 3.43. The highest BCUT2D eigenvalue weighted by Crippen LogP contribution is 2.36. The van der Waals surface area contributed by atoms with Gasteiger partial charge in [-0.2, -0.15) is 4.31 Å². The Morgan fingerprint density at radius 1 is 1.06 bits per heavy atom. The van der Waals surface area contributed by atoms with E-state index in [9.17, 15) is 22.8 Å². The molecule has 2 aliphatic rings. The van der Waals surface area contributed by atoms with E-state index in [1.165, 1.54) is 40.7 Å². The summed E-state index contributed by atoms with van der Waals surface area (Å²) in [6, 6.07) is 10.8. The van der Waals surface area contributed by atoms with Crippen LogP contribution in [0.3, 0.4) is 0 Å². The third-order valence-electron chi connectivity index (χ3n) is 6.14. The third kappa shape index (κ3) is 4.67. The molecular weight excluding hydrogens is 524 g/mol. The van der Waals surface area contributed by atoms with E-state index >= 15 is 0 Å². The number of carbonyl (C=O) groups excluding carboxylic acids is 3. The number of ether oxygens (including phenoxy) is 1.